The summed E-state index contributed by atoms with van der Waals surface area (Å²) in [7, 11) is 1.64. The van der Waals surface area contributed by atoms with Gasteiger partial charge in [-0.15, -0.1) is 11.3 Å². The molecule has 0 saturated heterocycles. The molecule has 6 heteroatoms. The summed E-state index contributed by atoms with van der Waals surface area (Å²) in [6, 6.07) is 19.9. The van der Waals surface area contributed by atoms with Gasteiger partial charge in [0.25, 0.3) is 0 Å². The van der Waals surface area contributed by atoms with Gasteiger partial charge in [-0.1, -0.05) is 53.6 Å². The number of hydrogen-bond acceptors (Lipinski definition) is 4. The average molecular weight is 422 g/mol. The topological polar surface area (TPSA) is 61.4 Å². The molecular formula is C24H27N3O2S. The normalized spacial score (nSPS) is 11.7. The van der Waals surface area contributed by atoms with Crippen molar-refractivity contribution in [2.45, 2.75) is 19.9 Å². The van der Waals surface area contributed by atoms with Crippen molar-refractivity contribution in [1.82, 2.24) is 10.2 Å². The van der Waals surface area contributed by atoms with Crippen molar-refractivity contribution >= 4 is 28.8 Å². The SMILES string of the molecule is Cc1ccc(NC(=O)CN(C)C(=O)CN[C@H](c2ccc(C)cc2)c2cccs2)cc1. The summed E-state index contributed by atoms with van der Waals surface area (Å²) in [5.74, 6) is -0.356. The summed E-state index contributed by atoms with van der Waals surface area (Å²) in [6.07, 6.45) is 0. The van der Waals surface area contributed by atoms with Crippen molar-refractivity contribution in [3.8, 4) is 0 Å². The second-order valence-electron chi connectivity index (χ2n) is 7.40. The molecule has 3 rings (SSSR count). The largest absolute Gasteiger partial charge is 0.335 e. The second kappa shape index (κ2) is 10.2. The van der Waals surface area contributed by atoms with E-state index in [1.54, 1.807) is 18.4 Å². The van der Waals surface area contributed by atoms with Gasteiger partial charge in [-0.3, -0.25) is 14.9 Å². The predicted molar refractivity (Wildman–Crippen MR) is 123 cm³/mol. The molecule has 0 aliphatic carbocycles. The highest BCUT2D eigenvalue weighted by Crippen LogP contribution is 2.26. The van der Waals surface area contributed by atoms with Crippen LogP contribution in [0.25, 0.3) is 0 Å². The molecule has 2 aromatic carbocycles. The van der Waals surface area contributed by atoms with Crippen LogP contribution in [0.15, 0.2) is 66.0 Å². The van der Waals surface area contributed by atoms with E-state index in [0.717, 1.165) is 21.7 Å². The molecule has 0 saturated carbocycles. The van der Waals surface area contributed by atoms with E-state index in [-0.39, 0.29) is 30.9 Å². The maximum atomic E-state index is 12.6. The van der Waals surface area contributed by atoms with E-state index in [1.165, 1.54) is 10.5 Å². The molecule has 0 fully saturated rings. The van der Waals surface area contributed by atoms with E-state index in [9.17, 15) is 9.59 Å². The number of aryl methyl sites for hydroxylation is 2. The van der Waals surface area contributed by atoms with E-state index < -0.39 is 0 Å². The summed E-state index contributed by atoms with van der Waals surface area (Å²) in [5.41, 5.74) is 4.15. The third-order valence-electron chi connectivity index (χ3n) is 4.84. The first kappa shape index (κ1) is 21.7. The van der Waals surface area contributed by atoms with Gasteiger partial charge in [0.05, 0.1) is 19.1 Å². The van der Waals surface area contributed by atoms with Gasteiger partial charge in [-0.2, -0.15) is 0 Å². The maximum Gasteiger partial charge on any atom is 0.243 e. The van der Waals surface area contributed by atoms with E-state index in [4.69, 9.17) is 0 Å². The first-order valence-corrected chi connectivity index (χ1v) is 10.7. The Bertz CT molecular complexity index is 967. The number of anilines is 1. The minimum absolute atomic E-state index is 0.00257. The molecule has 30 heavy (non-hydrogen) atoms. The van der Waals surface area contributed by atoms with Gasteiger partial charge < -0.3 is 10.2 Å². The van der Waals surface area contributed by atoms with Crippen LogP contribution in [0, 0.1) is 13.8 Å². The Kier molecular flexibility index (Phi) is 7.38. The average Bonchev–Trinajstić information content (AvgIpc) is 3.25. The lowest BCUT2D eigenvalue weighted by atomic mass is 10.0. The van der Waals surface area contributed by atoms with Gasteiger partial charge in [0.1, 0.15) is 0 Å². The first-order chi connectivity index (χ1) is 14.4. The van der Waals surface area contributed by atoms with Crippen molar-refractivity contribution in [3.63, 3.8) is 0 Å². The molecule has 1 atom stereocenters. The predicted octanol–water partition coefficient (Wildman–Crippen LogP) is 4.14. The molecule has 0 aliphatic rings. The monoisotopic (exact) mass is 421 g/mol. The molecule has 3 aromatic rings. The number of carbonyl (C=O) groups is 2. The summed E-state index contributed by atoms with van der Waals surface area (Å²) in [5, 5.41) is 8.21. The first-order valence-electron chi connectivity index (χ1n) is 9.86. The Hall–Kier alpha value is -2.96. The van der Waals surface area contributed by atoms with Crippen molar-refractivity contribution in [3.05, 3.63) is 87.6 Å². The summed E-state index contributed by atoms with van der Waals surface area (Å²) in [4.78, 5) is 27.5. The van der Waals surface area contributed by atoms with Crippen LogP contribution in [0.4, 0.5) is 5.69 Å². The van der Waals surface area contributed by atoms with Gasteiger partial charge >= 0.3 is 0 Å². The van der Waals surface area contributed by atoms with Gasteiger partial charge in [-0.05, 0) is 43.0 Å². The number of benzene rings is 2. The van der Waals surface area contributed by atoms with Crippen LogP contribution in [0.5, 0.6) is 0 Å². The Morgan fingerprint density at radius 2 is 1.60 bits per heavy atom. The molecule has 156 valence electrons. The van der Waals surface area contributed by atoms with Crippen molar-refractivity contribution in [1.29, 1.82) is 0 Å². The molecule has 0 unspecified atom stereocenters. The zero-order valence-electron chi connectivity index (χ0n) is 17.5. The van der Waals surface area contributed by atoms with Crippen LogP contribution in [0.2, 0.25) is 0 Å². The van der Waals surface area contributed by atoms with Gasteiger partial charge in [0.15, 0.2) is 0 Å². The lowest BCUT2D eigenvalue weighted by Crippen LogP contribution is -2.41. The number of amides is 2. The zero-order valence-corrected chi connectivity index (χ0v) is 18.3. The van der Waals surface area contributed by atoms with Gasteiger partial charge in [0, 0.05) is 17.6 Å². The highest BCUT2D eigenvalue weighted by atomic mass is 32.1. The zero-order chi connectivity index (χ0) is 21.5. The Balaban J connectivity index is 1.57. The van der Waals surface area contributed by atoms with E-state index >= 15 is 0 Å². The molecule has 0 bridgehead atoms. The highest BCUT2D eigenvalue weighted by Gasteiger charge is 2.18. The fourth-order valence-corrected chi connectivity index (χ4v) is 3.89. The van der Waals surface area contributed by atoms with Crippen LogP contribution in [-0.4, -0.2) is 36.9 Å². The van der Waals surface area contributed by atoms with Crippen LogP contribution in [-0.2, 0) is 9.59 Å². The Morgan fingerprint density at radius 1 is 0.967 bits per heavy atom. The lowest BCUT2D eigenvalue weighted by molar-refractivity contribution is -0.132. The Morgan fingerprint density at radius 3 is 2.20 bits per heavy atom. The quantitative estimate of drug-likeness (QED) is 0.575. The third kappa shape index (κ3) is 6.02. The molecule has 0 radical (unpaired) electrons. The summed E-state index contributed by atoms with van der Waals surface area (Å²) in [6.45, 7) is 4.19. The lowest BCUT2D eigenvalue weighted by Gasteiger charge is -2.21. The third-order valence-corrected chi connectivity index (χ3v) is 5.77. The molecular weight excluding hydrogens is 394 g/mol. The minimum atomic E-state index is -0.219. The van der Waals surface area contributed by atoms with Crippen molar-refractivity contribution in [2.24, 2.45) is 0 Å². The molecule has 0 aliphatic heterocycles. The minimum Gasteiger partial charge on any atom is -0.335 e. The van der Waals surface area contributed by atoms with E-state index in [1.807, 2.05) is 42.6 Å². The number of carbonyl (C=O) groups excluding carboxylic acids is 2. The number of hydrogen-bond donors (Lipinski definition) is 2. The van der Waals surface area contributed by atoms with Crippen molar-refractivity contribution in [2.75, 3.05) is 25.5 Å². The summed E-state index contributed by atoms with van der Waals surface area (Å²) < 4.78 is 0. The molecule has 2 amide bonds. The highest BCUT2D eigenvalue weighted by molar-refractivity contribution is 7.10. The standard InChI is InChI=1S/C24H27N3O2S/c1-17-6-10-19(11-7-17)24(21-5-4-14-30-21)25-15-23(29)27(3)16-22(28)26-20-12-8-18(2)9-13-20/h4-14,24-25H,15-16H2,1-3H3,(H,26,28)/t24-/m1/s1. The van der Waals surface area contributed by atoms with Crippen LogP contribution in [0.1, 0.15) is 27.6 Å². The van der Waals surface area contributed by atoms with Crippen LogP contribution in [0.3, 0.4) is 0 Å². The second-order valence-corrected chi connectivity index (χ2v) is 8.38. The van der Waals surface area contributed by atoms with Crippen LogP contribution < -0.4 is 10.6 Å². The number of rotatable bonds is 8. The maximum absolute atomic E-state index is 12.6. The van der Waals surface area contributed by atoms with E-state index in [2.05, 4.69) is 47.9 Å². The fraction of sp³-hybridized carbons (Fsp3) is 0.250. The Labute approximate surface area is 181 Å². The molecule has 5 nitrogen and oxygen atoms in total. The number of nitrogens with zero attached hydrogens (tertiary/aromatic N) is 1. The number of nitrogens with one attached hydrogen (secondary N) is 2. The number of thiophene rings is 1. The van der Waals surface area contributed by atoms with Crippen LogP contribution >= 0.6 is 11.3 Å². The van der Waals surface area contributed by atoms with Gasteiger partial charge in [0.2, 0.25) is 11.8 Å². The summed E-state index contributed by atoms with van der Waals surface area (Å²) >= 11 is 1.65. The number of likely N-dealkylation sites (N-methyl/N-ethyl adjacent to an activating group) is 1. The molecule has 1 aromatic heterocycles. The van der Waals surface area contributed by atoms with Crippen molar-refractivity contribution < 1.29 is 9.59 Å². The fourth-order valence-electron chi connectivity index (χ4n) is 3.06. The molecule has 0 spiro atoms. The molecule has 2 N–H and O–H groups in total. The smallest absolute Gasteiger partial charge is 0.243 e. The van der Waals surface area contributed by atoms with E-state index in [0.29, 0.717) is 0 Å². The molecule has 1 heterocycles. The van der Waals surface area contributed by atoms with Gasteiger partial charge in [-0.25, -0.2) is 0 Å².